The van der Waals surface area contributed by atoms with E-state index in [0.29, 0.717) is 41.9 Å². The number of anilines is 1. The van der Waals surface area contributed by atoms with Gasteiger partial charge in [-0.05, 0) is 30.7 Å². The second-order valence-corrected chi connectivity index (χ2v) is 9.78. The number of nitrogens with one attached hydrogen (secondary N) is 1. The van der Waals surface area contributed by atoms with Crippen molar-refractivity contribution in [3.63, 3.8) is 0 Å². The first-order valence-electron chi connectivity index (χ1n) is 9.28. The molecule has 1 N–H and O–H groups in total. The molecule has 0 aliphatic carbocycles. The largest absolute Gasteiger partial charge is 0.323 e. The summed E-state index contributed by atoms with van der Waals surface area (Å²) in [6, 6.07) is 13.6. The zero-order chi connectivity index (χ0) is 21.0. The molecular formula is C20H23Cl2N3O3S. The van der Waals surface area contributed by atoms with Crippen molar-refractivity contribution in [2.24, 2.45) is 0 Å². The first kappa shape index (κ1) is 22.1. The van der Waals surface area contributed by atoms with Gasteiger partial charge in [-0.25, -0.2) is 8.42 Å². The molecule has 1 aliphatic heterocycles. The van der Waals surface area contributed by atoms with E-state index in [1.807, 2.05) is 35.2 Å². The fourth-order valence-electron chi connectivity index (χ4n) is 3.24. The van der Waals surface area contributed by atoms with Crippen LogP contribution in [0.5, 0.6) is 0 Å². The van der Waals surface area contributed by atoms with Crippen molar-refractivity contribution in [3.05, 3.63) is 64.1 Å². The van der Waals surface area contributed by atoms with Crippen LogP contribution in [0.15, 0.2) is 48.5 Å². The summed E-state index contributed by atoms with van der Waals surface area (Å²) >= 11 is 12.0. The van der Waals surface area contributed by atoms with Crippen molar-refractivity contribution in [2.75, 3.05) is 31.5 Å². The van der Waals surface area contributed by atoms with E-state index in [1.54, 1.807) is 25.1 Å². The molecule has 156 valence electrons. The normalized spacial score (nSPS) is 17.1. The molecule has 0 radical (unpaired) electrons. The minimum atomic E-state index is -3.39. The highest BCUT2D eigenvalue weighted by Crippen LogP contribution is 2.26. The number of rotatable bonds is 6. The minimum absolute atomic E-state index is 0.0149. The van der Waals surface area contributed by atoms with Gasteiger partial charge >= 0.3 is 0 Å². The smallest absolute Gasteiger partial charge is 0.241 e. The van der Waals surface area contributed by atoms with Crippen LogP contribution in [0.1, 0.15) is 12.5 Å². The molecule has 0 saturated carbocycles. The third-order valence-corrected chi connectivity index (χ3v) is 7.37. The van der Waals surface area contributed by atoms with E-state index in [-0.39, 0.29) is 11.7 Å². The van der Waals surface area contributed by atoms with Gasteiger partial charge in [-0.15, -0.1) is 0 Å². The van der Waals surface area contributed by atoms with E-state index in [0.717, 1.165) is 5.56 Å². The number of hydrogen-bond donors (Lipinski definition) is 1. The van der Waals surface area contributed by atoms with Gasteiger partial charge in [0.15, 0.2) is 0 Å². The molecule has 2 aromatic carbocycles. The maximum Gasteiger partial charge on any atom is 0.241 e. The van der Waals surface area contributed by atoms with Crippen LogP contribution in [-0.4, -0.2) is 55.8 Å². The van der Waals surface area contributed by atoms with Crippen LogP contribution in [0.25, 0.3) is 0 Å². The highest BCUT2D eigenvalue weighted by Gasteiger charge is 2.31. The summed E-state index contributed by atoms with van der Waals surface area (Å²) in [6.45, 7) is 3.48. The summed E-state index contributed by atoms with van der Waals surface area (Å²) in [5.74, 6) is -0.214. The fraction of sp³-hybridized carbons (Fsp3) is 0.350. The number of piperazine rings is 1. The Labute approximate surface area is 181 Å². The number of carbonyl (C=O) groups excluding carboxylic acids is 1. The summed E-state index contributed by atoms with van der Waals surface area (Å²) < 4.78 is 26.8. The second kappa shape index (κ2) is 9.45. The number of carbonyl (C=O) groups is 1. The molecule has 2 aromatic rings. The Bertz CT molecular complexity index is 962. The van der Waals surface area contributed by atoms with Crippen LogP contribution >= 0.6 is 23.2 Å². The van der Waals surface area contributed by atoms with Crippen molar-refractivity contribution in [3.8, 4) is 0 Å². The van der Waals surface area contributed by atoms with Crippen LogP contribution in [0.3, 0.4) is 0 Å². The number of sulfonamides is 1. The Kier molecular flexibility index (Phi) is 7.19. The second-order valence-electron chi connectivity index (χ2n) is 6.97. The van der Waals surface area contributed by atoms with Gasteiger partial charge in [0.25, 0.3) is 0 Å². The van der Waals surface area contributed by atoms with Gasteiger partial charge in [0.2, 0.25) is 15.9 Å². The van der Waals surface area contributed by atoms with Gasteiger partial charge in [0.1, 0.15) is 0 Å². The Balaban J connectivity index is 1.56. The zero-order valence-electron chi connectivity index (χ0n) is 16.0. The van der Waals surface area contributed by atoms with Crippen molar-refractivity contribution in [1.82, 2.24) is 9.21 Å². The molecule has 1 atom stereocenters. The summed E-state index contributed by atoms with van der Waals surface area (Å²) in [6.07, 6.45) is 0. The highest BCUT2D eigenvalue weighted by molar-refractivity contribution is 7.88. The first-order chi connectivity index (χ1) is 13.8. The van der Waals surface area contributed by atoms with E-state index in [9.17, 15) is 13.2 Å². The number of hydrogen-bond acceptors (Lipinski definition) is 4. The number of benzene rings is 2. The Hall–Kier alpha value is -1.64. The van der Waals surface area contributed by atoms with Gasteiger partial charge < -0.3 is 5.32 Å². The van der Waals surface area contributed by atoms with E-state index < -0.39 is 16.1 Å². The Morgan fingerprint density at radius 3 is 2.34 bits per heavy atom. The van der Waals surface area contributed by atoms with Gasteiger partial charge in [0.05, 0.1) is 22.5 Å². The first-order valence-corrected chi connectivity index (χ1v) is 11.6. The van der Waals surface area contributed by atoms with Crippen molar-refractivity contribution in [1.29, 1.82) is 0 Å². The molecule has 0 bridgehead atoms. The van der Waals surface area contributed by atoms with Crippen molar-refractivity contribution >= 4 is 44.8 Å². The predicted octanol–water partition coefficient (Wildman–Crippen LogP) is 3.47. The van der Waals surface area contributed by atoms with Crippen molar-refractivity contribution < 1.29 is 13.2 Å². The lowest BCUT2D eigenvalue weighted by Crippen LogP contribution is -2.54. The zero-order valence-corrected chi connectivity index (χ0v) is 18.3. The Morgan fingerprint density at radius 1 is 1.07 bits per heavy atom. The molecular weight excluding hydrogens is 433 g/mol. The van der Waals surface area contributed by atoms with Gasteiger partial charge in [-0.2, -0.15) is 4.31 Å². The fourth-order valence-corrected chi connectivity index (χ4v) is 5.21. The number of nitrogens with zero attached hydrogens (tertiary/aromatic N) is 2. The lowest BCUT2D eigenvalue weighted by atomic mass is 10.2. The molecule has 1 heterocycles. The number of amides is 1. The molecule has 29 heavy (non-hydrogen) atoms. The average Bonchev–Trinajstić information content (AvgIpc) is 2.70. The lowest BCUT2D eigenvalue weighted by molar-refractivity contribution is -0.121. The molecule has 1 saturated heterocycles. The number of halogens is 2. The predicted molar refractivity (Wildman–Crippen MR) is 117 cm³/mol. The molecule has 3 rings (SSSR count). The Morgan fingerprint density at radius 2 is 1.72 bits per heavy atom. The summed E-state index contributed by atoms with van der Waals surface area (Å²) in [7, 11) is -3.39. The lowest BCUT2D eigenvalue weighted by Gasteiger charge is -2.36. The van der Waals surface area contributed by atoms with Crippen LogP contribution < -0.4 is 5.32 Å². The summed E-state index contributed by atoms with van der Waals surface area (Å²) in [5, 5.41) is 3.67. The maximum atomic E-state index is 12.7. The third kappa shape index (κ3) is 5.71. The summed E-state index contributed by atoms with van der Waals surface area (Å²) in [4.78, 5) is 14.6. The molecule has 1 amide bonds. The van der Waals surface area contributed by atoms with Crippen LogP contribution in [-0.2, 0) is 20.6 Å². The molecule has 6 nitrogen and oxygen atoms in total. The third-order valence-electron chi connectivity index (χ3n) is 4.97. The van der Waals surface area contributed by atoms with E-state index >= 15 is 0 Å². The average molecular weight is 456 g/mol. The SMILES string of the molecule is C[C@H](C(=O)Nc1ccc(Cl)cc1Cl)N1CCN(S(=O)(=O)Cc2ccccc2)CC1. The molecule has 1 fully saturated rings. The minimum Gasteiger partial charge on any atom is -0.323 e. The molecule has 0 aromatic heterocycles. The van der Waals surface area contributed by atoms with Crippen LogP contribution in [0, 0.1) is 0 Å². The van der Waals surface area contributed by atoms with Gasteiger partial charge in [-0.1, -0.05) is 53.5 Å². The van der Waals surface area contributed by atoms with Crippen LogP contribution in [0.2, 0.25) is 10.0 Å². The molecule has 0 unspecified atom stereocenters. The molecule has 9 heteroatoms. The van der Waals surface area contributed by atoms with Gasteiger partial charge in [0, 0.05) is 31.2 Å². The van der Waals surface area contributed by atoms with E-state index in [2.05, 4.69) is 5.32 Å². The van der Waals surface area contributed by atoms with E-state index in [1.165, 1.54) is 4.31 Å². The standard InChI is InChI=1S/C20H23Cl2N3O3S/c1-15(20(26)23-19-8-7-17(21)13-18(19)22)24-9-11-25(12-10-24)29(27,28)14-16-5-3-2-4-6-16/h2-8,13,15H,9-12,14H2,1H3,(H,23,26)/t15-/m1/s1. The highest BCUT2D eigenvalue weighted by atomic mass is 35.5. The monoisotopic (exact) mass is 455 g/mol. The van der Waals surface area contributed by atoms with Crippen LogP contribution in [0.4, 0.5) is 5.69 Å². The quantitative estimate of drug-likeness (QED) is 0.723. The molecule has 1 aliphatic rings. The maximum absolute atomic E-state index is 12.7. The van der Waals surface area contributed by atoms with Crippen molar-refractivity contribution in [2.45, 2.75) is 18.7 Å². The topological polar surface area (TPSA) is 69.7 Å². The van der Waals surface area contributed by atoms with E-state index in [4.69, 9.17) is 23.2 Å². The summed E-state index contributed by atoms with van der Waals surface area (Å²) in [5.41, 5.74) is 1.26. The molecule has 0 spiro atoms. The van der Waals surface area contributed by atoms with Gasteiger partial charge in [-0.3, -0.25) is 9.69 Å².